The van der Waals surface area contributed by atoms with Gasteiger partial charge in [0.2, 0.25) is 0 Å². The summed E-state index contributed by atoms with van der Waals surface area (Å²) >= 11 is 0. The number of aromatic amines is 1. The molecular formula is C22H33B4N. The van der Waals surface area contributed by atoms with Crippen LogP contribution in [-0.2, 0) is 10.4 Å². The second-order valence-corrected chi connectivity index (χ2v) is 11.4. The van der Waals surface area contributed by atoms with E-state index in [1.165, 1.54) is 32.9 Å². The van der Waals surface area contributed by atoms with Crippen molar-refractivity contribution in [3.05, 3.63) is 47.5 Å². The summed E-state index contributed by atoms with van der Waals surface area (Å²) in [5.74, 6) is 0. The minimum absolute atomic E-state index is 0.109. The molecule has 0 amide bonds. The van der Waals surface area contributed by atoms with E-state index in [1.807, 2.05) is 0 Å². The zero-order valence-electron chi connectivity index (χ0n) is 19.0. The number of hydrogen-bond donors (Lipinski definition) is 1. The molecule has 0 aliphatic rings. The van der Waals surface area contributed by atoms with E-state index < -0.39 is 0 Å². The molecule has 138 valence electrons. The zero-order valence-corrected chi connectivity index (χ0v) is 19.0. The molecule has 1 nitrogen and oxygen atoms in total. The lowest BCUT2D eigenvalue weighted by Crippen LogP contribution is -2.41. The van der Waals surface area contributed by atoms with Gasteiger partial charge >= 0.3 is 0 Å². The third kappa shape index (κ3) is 3.18. The van der Waals surface area contributed by atoms with Crippen LogP contribution in [0.25, 0.3) is 21.8 Å². The average molecular weight is 355 g/mol. The third-order valence-electron chi connectivity index (χ3n) is 7.79. The highest BCUT2D eigenvalue weighted by molar-refractivity contribution is 6.41. The van der Waals surface area contributed by atoms with Crippen molar-refractivity contribution in [1.82, 2.24) is 4.98 Å². The van der Waals surface area contributed by atoms with Gasteiger partial charge in [-0.15, -0.1) is 0 Å². The molecule has 3 aromatic rings. The summed E-state index contributed by atoms with van der Waals surface area (Å²) in [6.07, 6.45) is 0. The Bertz CT molecular complexity index is 920. The van der Waals surface area contributed by atoms with Crippen molar-refractivity contribution < 1.29 is 0 Å². The predicted molar refractivity (Wildman–Crippen MR) is 132 cm³/mol. The van der Waals surface area contributed by atoms with Crippen LogP contribution in [0.15, 0.2) is 36.4 Å². The van der Waals surface area contributed by atoms with Gasteiger partial charge in [-0.05, 0) is 23.0 Å². The molecule has 5 heteroatoms. The smallest absolute Gasteiger partial charge is 0.105 e. The number of rotatable bonds is 2. The Morgan fingerprint density at radius 2 is 0.926 bits per heavy atom. The molecule has 1 N–H and O–H groups in total. The SMILES string of the molecule is BC(B)(c1ccc2c(c1)[nH]c1cc(C(B)(B)C(C)(C)C)ccc12)C(C)(C)C. The summed E-state index contributed by atoms with van der Waals surface area (Å²) in [4.78, 5) is 3.71. The van der Waals surface area contributed by atoms with E-state index in [0.29, 0.717) is 0 Å². The largest absolute Gasteiger partial charge is 0.354 e. The number of aromatic nitrogens is 1. The van der Waals surface area contributed by atoms with Crippen LogP contribution in [0.3, 0.4) is 0 Å². The Labute approximate surface area is 168 Å². The van der Waals surface area contributed by atoms with Gasteiger partial charge in [0.25, 0.3) is 0 Å². The number of H-pyrrole nitrogens is 1. The molecule has 0 saturated carbocycles. The third-order valence-corrected chi connectivity index (χ3v) is 7.79. The highest BCUT2D eigenvalue weighted by Crippen LogP contribution is 2.40. The highest BCUT2D eigenvalue weighted by Gasteiger charge is 2.35. The van der Waals surface area contributed by atoms with Gasteiger partial charge < -0.3 is 4.98 Å². The van der Waals surface area contributed by atoms with Crippen LogP contribution in [0.1, 0.15) is 52.7 Å². The Balaban J connectivity index is 2.17. The number of benzene rings is 2. The second kappa shape index (κ2) is 6.00. The summed E-state index contributed by atoms with van der Waals surface area (Å²) in [6.45, 7) is 13.9. The van der Waals surface area contributed by atoms with Gasteiger partial charge in [0.05, 0.1) is 0 Å². The van der Waals surface area contributed by atoms with Crippen LogP contribution >= 0.6 is 0 Å². The Morgan fingerprint density at radius 1 is 0.593 bits per heavy atom. The standard InChI is InChI=1S/C22H33B4N/c1-19(2,3)21(23,24)13-7-9-15-16-10-8-14(22(25,26)20(4,5)6)12-18(16)27-17(15)11-13/h7-12,27H,23-26H2,1-6H3. The summed E-state index contributed by atoms with van der Waals surface area (Å²) in [5.41, 5.74) is 5.68. The van der Waals surface area contributed by atoms with E-state index in [2.05, 4.69) is 114 Å². The monoisotopic (exact) mass is 355 g/mol. The average Bonchev–Trinajstić information content (AvgIpc) is 2.89. The van der Waals surface area contributed by atoms with Crippen LogP contribution in [0.2, 0.25) is 0 Å². The minimum atomic E-state index is 0.109. The first-order valence-electron chi connectivity index (χ1n) is 10.2. The molecule has 27 heavy (non-hydrogen) atoms. The van der Waals surface area contributed by atoms with Crippen molar-refractivity contribution in [3.63, 3.8) is 0 Å². The van der Waals surface area contributed by atoms with E-state index in [9.17, 15) is 0 Å². The first-order chi connectivity index (χ1) is 12.2. The van der Waals surface area contributed by atoms with Crippen molar-refractivity contribution in [2.75, 3.05) is 0 Å². The van der Waals surface area contributed by atoms with Gasteiger partial charge in [0.15, 0.2) is 0 Å². The Kier molecular flexibility index (Phi) is 4.50. The molecule has 0 radical (unpaired) electrons. The zero-order chi connectivity index (χ0) is 20.4. The lowest BCUT2D eigenvalue weighted by Gasteiger charge is -2.40. The minimum Gasteiger partial charge on any atom is -0.354 e. The van der Waals surface area contributed by atoms with E-state index in [-0.39, 0.29) is 21.3 Å². The summed E-state index contributed by atoms with van der Waals surface area (Å²) < 4.78 is 0. The van der Waals surface area contributed by atoms with Crippen molar-refractivity contribution in [2.45, 2.75) is 52.0 Å². The van der Waals surface area contributed by atoms with E-state index >= 15 is 0 Å². The molecule has 0 aliphatic heterocycles. The molecule has 2 aromatic carbocycles. The molecule has 0 fully saturated rings. The van der Waals surface area contributed by atoms with Gasteiger partial charge in [0.1, 0.15) is 31.4 Å². The number of hydrogen-bond acceptors (Lipinski definition) is 0. The second-order valence-electron chi connectivity index (χ2n) is 11.4. The first kappa shape index (κ1) is 20.2. The fourth-order valence-corrected chi connectivity index (χ4v) is 3.55. The maximum atomic E-state index is 3.71. The van der Waals surface area contributed by atoms with Crippen molar-refractivity contribution in [2.24, 2.45) is 10.8 Å². The number of fused-ring (bicyclic) bond motifs is 3. The van der Waals surface area contributed by atoms with Crippen LogP contribution in [0.5, 0.6) is 0 Å². The summed E-state index contributed by atoms with van der Waals surface area (Å²) in [7, 11) is 9.39. The Hall–Kier alpha value is -1.50. The van der Waals surface area contributed by atoms with Gasteiger partial charge in [-0.3, -0.25) is 0 Å². The lowest BCUT2D eigenvalue weighted by atomic mass is 9.41. The van der Waals surface area contributed by atoms with E-state index in [0.717, 1.165) is 0 Å². The molecule has 0 atom stereocenters. The normalized spacial score (nSPS) is 14.1. The van der Waals surface area contributed by atoms with Crippen LogP contribution in [0.4, 0.5) is 0 Å². The van der Waals surface area contributed by atoms with Crippen LogP contribution < -0.4 is 0 Å². The topological polar surface area (TPSA) is 15.8 Å². The maximum Gasteiger partial charge on any atom is 0.105 e. The molecule has 0 spiro atoms. The fourth-order valence-electron chi connectivity index (χ4n) is 3.55. The van der Waals surface area contributed by atoms with E-state index in [4.69, 9.17) is 0 Å². The van der Waals surface area contributed by atoms with Gasteiger partial charge in [-0.25, -0.2) is 0 Å². The van der Waals surface area contributed by atoms with Crippen molar-refractivity contribution in [3.8, 4) is 0 Å². The highest BCUT2D eigenvalue weighted by atomic mass is 14.7. The molecule has 0 aliphatic carbocycles. The van der Waals surface area contributed by atoms with Gasteiger partial charge in [0, 0.05) is 21.8 Å². The van der Waals surface area contributed by atoms with Crippen LogP contribution in [0, 0.1) is 10.8 Å². The summed E-state index contributed by atoms with van der Waals surface area (Å²) in [6, 6.07) is 13.9. The molecule has 0 bridgehead atoms. The van der Waals surface area contributed by atoms with Crippen LogP contribution in [-0.4, -0.2) is 36.4 Å². The van der Waals surface area contributed by atoms with E-state index in [1.54, 1.807) is 0 Å². The maximum absolute atomic E-state index is 3.71. The fraction of sp³-hybridized carbons (Fsp3) is 0.455. The molecule has 0 unspecified atom stereocenters. The predicted octanol–water partition coefficient (Wildman–Crippen LogP) is 2.25. The lowest BCUT2D eigenvalue weighted by molar-refractivity contribution is 0.358. The van der Waals surface area contributed by atoms with Crippen molar-refractivity contribution >= 4 is 53.2 Å². The molecule has 3 rings (SSSR count). The summed E-state index contributed by atoms with van der Waals surface area (Å²) in [5, 5.41) is 2.85. The van der Waals surface area contributed by atoms with Gasteiger partial charge in [-0.2, -0.15) is 0 Å². The van der Waals surface area contributed by atoms with Gasteiger partial charge in [-0.1, -0.05) is 87.4 Å². The molecule has 0 saturated heterocycles. The molecule has 1 aromatic heterocycles. The van der Waals surface area contributed by atoms with Crippen molar-refractivity contribution in [1.29, 1.82) is 0 Å². The number of nitrogens with one attached hydrogen (secondary N) is 1. The first-order valence-corrected chi connectivity index (χ1v) is 10.2. The molecular weight excluding hydrogens is 321 g/mol. The quantitative estimate of drug-likeness (QED) is 0.679. The molecule has 1 heterocycles. The Morgan fingerprint density at radius 3 is 1.22 bits per heavy atom.